The van der Waals surface area contributed by atoms with Crippen LogP contribution in [0.5, 0.6) is 0 Å². The molecule has 1 heterocycles. The van der Waals surface area contributed by atoms with Gasteiger partial charge in [0.15, 0.2) is 0 Å². The summed E-state index contributed by atoms with van der Waals surface area (Å²) in [6, 6.07) is 4.21. The number of rotatable bonds is 1. The molecule has 1 aromatic rings. The second-order valence-corrected chi connectivity index (χ2v) is 4.26. The van der Waals surface area contributed by atoms with Crippen LogP contribution in [-0.4, -0.2) is 23.4 Å². The highest BCUT2D eigenvalue weighted by atomic mass is 19.1. The topological polar surface area (TPSA) is 46.3 Å². The van der Waals surface area contributed by atoms with Gasteiger partial charge in [-0.15, -0.1) is 0 Å². The van der Waals surface area contributed by atoms with E-state index >= 15 is 0 Å². The lowest BCUT2D eigenvalue weighted by Crippen LogP contribution is -2.33. The molecule has 86 valence electrons. The van der Waals surface area contributed by atoms with Crippen molar-refractivity contribution in [2.24, 2.45) is 0 Å². The Balaban J connectivity index is 2.26. The van der Waals surface area contributed by atoms with E-state index in [1.54, 1.807) is 4.90 Å². The first-order valence-corrected chi connectivity index (χ1v) is 5.45. The van der Waals surface area contributed by atoms with E-state index in [2.05, 4.69) is 0 Å². The number of hydrogen-bond donors (Lipinski definition) is 1. The molecule has 2 rings (SSSR count). The molecular weight excluding hydrogens is 207 g/mol. The van der Waals surface area contributed by atoms with Gasteiger partial charge in [-0.25, -0.2) is 4.39 Å². The molecule has 16 heavy (non-hydrogen) atoms. The number of amides is 1. The molecule has 0 spiro atoms. The molecule has 1 aliphatic rings. The van der Waals surface area contributed by atoms with Crippen molar-refractivity contribution < 1.29 is 9.18 Å². The Hall–Kier alpha value is -1.58. The summed E-state index contributed by atoms with van der Waals surface area (Å²) in [5, 5.41) is 0. The Labute approximate surface area is 94.0 Å². The standard InChI is InChI=1S/C12H15FN2O/c1-8-3-2-4-15(8)12(16)9-5-10(13)7-11(14)6-9/h5-8H,2-4,14H2,1H3. The van der Waals surface area contributed by atoms with Crippen LogP contribution in [0.3, 0.4) is 0 Å². The van der Waals surface area contributed by atoms with E-state index in [1.807, 2.05) is 6.92 Å². The Morgan fingerprint density at radius 2 is 2.25 bits per heavy atom. The molecule has 0 saturated carbocycles. The van der Waals surface area contributed by atoms with E-state index in [0.29, 0.717) is 5.56 Å². The van der Waals surface area contributed by atoms with E-state index in [-0.39, 0.29) is 17.6 Å². The number of carbonyl (C=O) groups is 1. The number of hydrogen-bond acceptors (Lipinski definition) is 2. The highest BCUT2D eigenvalue weighted by molar-refractivity contribution is 5.95. The maximum Gasteiger partial charge on any atom is 0.254 e. The van der Waals surface area contributed by atoms with Crippen LogP contribution < -0.4 is 5.73 Å². The maximum absolute atomic E-state index is 13.1. The predicted octanol–water partition coefficient (Wildman–Crippen LogP) is 2.03. The molecule has 0 radical (unpaired) electrons. The quantitative estimate of drug-likeness (QED) is 0.739. The molecule has 0 bridgehead atoms. The minimum atomic E-state index is -0.463. The SMILES string of the molecule is CC1CCCN1C(=O)c1cc(N)cc(F)c1. The minimum absolute atomic E-state index is 0.129. The van der Waals surface area contributed by atoms with E-state index in [1.165, 1.54) is 18.2 Å². The van der Waals surface area contributed by atoms with Crippen LogP contribution in [0.15, 0.2) is 18.2 Å². The summed E-state index contributed by atoms with van der Waals surface area (Å²) in [5.74, 6) is -0.591. The van der Waals surface area contributed by atoms with Crippen LogP contribution in [0, 0.1) is 5.82 Å². The lowest BCUT2D eigenvalue weighted by molar-refractivity contribution is 0.0747. The molecule has 3 nitrogen and oxygen atoms in total. The maximum atomic E-state index is 13.1. The minimum Gasteiger partial charge on any atom is -0.399 e. The van der Waals surface area contributed by atoms with Crippen LogP contribution in [0.25, 0.3) is 0 Å². The molecule has 1 amide bonds. The molecule has 1 aromatic carbocycles. The molecule has 1 fully saturated rings. The number of carbonyl (C=O) groups excluding carboxylic acids is 1. The first-order chi connectivity index (χ1) is 7.58. The normalized spacial score (nSPS) is 20.1. The number of benzene rings is 1. The summed E-state index contributed by atoms with van der Waals surface area (Å²) in [6.45, 7) is 2.75. The first kappa shape index (κ1) is 10.9. The predicted molar refractivity (Wildman–Crippen MR) is 60.5 cm³/mol. The molecule has 0 aliphatic carbocycles. The Kier molecular flexibility index (Phi) is 2.81. The first-order valence-electron chi connectivity index (χ1n) is 5.45. The summed E-state index contributed by atoms with van der Waals surface area (Å²) < 4.78 is 13.1. The number of nitrogen functional groups attached to an aromatic ring is 1. The third kappa shape index (κ3) is 2.01. The molecule has 1 aliphatic heterocycles. The van der Waals surface area contributed by atoms with Gasteiger partial charge in [0.2, 0.25) is 0 Å². The van der Waals surface area contributed by atoms with Crippen molar-refractivity contribution in [2.45, 2.75) is 25.8 Å². The number of nitrogens with two attached hydrogens (primary N) is 1. The van der Waals surface area contributed by atoms with Gasteiger partial charge in [0.25, 0.3) is 5.91 Å². The van der Waals surface area contributed by atoms with Gasteiger partial charge in [-0.1, -0.05) is 0 Å². The van der Waals surface area contributed by atoms with E-state index in [4.69, 9.17) is 5.73 Å². The largest absolute Gasteiger partial charge is 0.399 e. The summed E-state index contributed by atoms with van der Waals surface area (Å²) in [7, 11) is 0. The summed E-state index contributed by atoms with van der Waals surface area (Å²) in [4.78, 5) is 13.8. The highest BCUT2D eigenvalue weighted by Crippen LogP contribution is 2.21. The second-order valence-electron chi connectivity index (χ2n) is 4.26. The zero-order valence-corrected chi connectivity index (χ0v) is 9.24. The van der Waals surface area contributed by atoms with Gasteiger partial charge >= 0.3 is 0 Å². The average molecular weight is 222 g/mol. The van der Waals surface area contributed by atoms with Crippen LogP contribution in [0.4, 0.5) is 10.1 Å². The second kappa shape index (κ2) is 4.12. The van der Waals surface area contributed by atoms with Gasteiger partial charge in [0.1, 0.15) is 5.82 Å². The van der Waals surface area contributed by atoms with Gasteiger partial charge in [-0.05, 0) is 38.0 Å². The summed E-state index contributed by atoms with van der Waals surface area (Å²) in [6.07, 6.45) is 2.02. The van der Waals surface area contributed by atoms with Gasteiger partial charge in [-0.2, -0.15) is 0 Å². The molecule has 0 aromatic heterocycles. The zero-order valence-electron chi connectivity index (χ0n) is 9.24. The van der Waals surface area contributed by atoms with Crippen molar-refractivity contribution in [1.29, 1.82) is 0 Å². The van der Waals surface area contributed by atoms with Crippen LogP contribution >= 0.6 is 0 Å². The van der Waals surface area contributed by atoms with Crippen molar-refractivity contribution in [3.63, 3.8) is 0 Å². The smallest absolute Gasteiger partial charge is 0.254 e. The van der Waals surface area contributed by atoms with Crippen LogP contribution in [0.1, 0.15) is 30.1 Å². The highest BCUT2D eigenvalue weighted by Gasteiger charge is 2.26. The third-order valence-corrected chi connectivity index (χ3v) is 2.98. The van der Waals surface area contributed by atoms with Gasteiger partial charge in [0, 0.05) is 23.8 Å². The molecule has 1 unspecified atom stereocenters. The fraction of sp³-hybridized carbons (Fsp3) is 0.417. The molecular formula is C12H15FN2O. The summed E-state index contributed by atoms with van der Waals surface area (Å²) >= 11 is 0. The lowest BCUT2D eigenvalue weighted by Gasteiger charge is -2.21. The van der Waals surface area contributed by atoms with Crippen molar-refractivity contribution in [1.82, 2.24) is 4.90 Å². The number of halogens is 1. The Morgan fingerprint density at radius 1 is 1.50 bits per heavy atom. The van der Waals surface area contributed by atoms with Gasteiger partial charge in [-0.3, -0.25) is 4.79 Å². The van der Waals surface area contributed by atoms with E-state index < -0.39 is 5.82 Å². The number of likely N-dealkylation sites (tertiary alicyclic amines) is 1. The van der Waals surface area contributed by atoms with E-state index in [0.717, 1.165) is 19.4 Å². The number of anilines is 1. The molecule has 1 saturated heterocycles. The molecule has 4 heteroatoms. The fourth-order valence-corrected chi connectivity index (χ4v) is 2.14. The monoisotopic (exact) mass is 222 g/mol. The van der Waals surface area contributed by atoms with E-state index in [9.17, 15) is 9.18 Å². The van der Waals surface area contributed by atoms with Crippen molar-refractivity contribution in [2.75, 3.05) is 12.3 Å². The lowest BCUT2D eigenvalue weighted by atomic mass is 10.1. The van der Waals surface area contributed by atoms with Gasteiger partial charge in [0.05, 0.1) is 0 Å². The Morgan fingerprint density at radius 3 is 2.81 bits per heavy atom. The molecule has 2 N–H and O–H groups in total. The number of nitrogens with zero attached hydrogens (tertiary/aromatic N) is 1. The zero-order chi connectivity index (χ0) is 11.7. The summed E-state index contributed by atoms with van der Waals surface area (Å²) in [5.41, 5.74) is 6.15. The third-order valence-electron chi connectivity index (χ3n) is 2.98. The Bertz CT molecular complexity index is 399. The average Bonchev–Trinajstić information content (AvgIpc) is 2.62. The fourth-order valence-electron chi connectivity index (χ4n) is 2.14. The van der Waals surface area contributed by atoms with Crippen molar-refractivity contribution in [3.8, 4) is 0 Å². The van der Waals surface area contributed by atoms with Crippen molar-refractivity contribution in [3.05, 3.63) is 29.6 Å². The van der Waals surface area contributed by atoms with Gasteiger partial charge < -0.3 is 10.6 Å². The van der Waals surface area contributed by atoms with Crippen LogP contribution in [0.2, 0.25) is 0 Å². The van der Waals surface area contributed by atoms with Crippen LogP contribution in [-0.2, 0) is 0 Å². The molecule has 1 atom stereocenters. The van der Waals surface area contributed by atoms with Crippen molar-refractivity contribution >= 4 is 11.6 Å².